The highest BCUT2D eigenvalue weighted by atomic mass is 19.1. The molecule has 70 valence electrons. The van der Waals surface area contributed by atoms with Gasteiger partial charge in [-0.3, -0.25) is 0 Å². The Bertz CT molecular complexity index is 285. The van der Waals surface area contributed by atoms with E-state index in [2.05, 4.69) is 5.32 Å². The van der Waals surface area contributed by atoms with Crippen molar-refractivity contribution in [1.29, 1.82) is 0 Å². The molecule has 2 atom stereocenters. The van der Waals surface area contributed by atoms with Gasteiger partial charge < -0.3 is 10.4 Å². The van der Waals surface area contributed by atoms with Crippen molar-refractivity contribution in [3.63, 3.8) is 0 Å². The third-order valence-electron chi connectivity index (χ3n) is 2.48. The minimum Gasteiger partial charge on any atom is -0.391 e. The van der Waals surface area contributed by atoms with Gasteiger partial charge in [-0.25, -0.2) is 4.39 Å². The Kier molecular flexibility index (Phi) is 2.29. The maximum Gasteiger partial charge on any atom is 0.123 e. The van der Waals surface area contributed by atoms with Crippen LogP contribution in [0.5, 0.6) is 0 Å². The molecule has 1 heterocycles. The number of benzene rings is 1. The number of hydrogen-bond donors (Lipinski definition) is 2. The fraction of sp³-hybridized carbons (Fsp3) is 0.400. The lowest BCUT2D eigenvalue weighted by Gasteiger charge is -2.12. The average molecular weight is 181 g/mol. The van der Waals surface area contributed by atoms with Crippen LogP contribution in [0.15, 0.2) is 24.3 Å². The quantitative estimate of drug-likeness (QED) is 0.674. The van der Waals surface area contributed by atoms with Gasteiger partial charge in [-0.05, 0) is 17.7 Å². The molecule has 1 fully saturated rings. The summed E-state index contributed by atoms with van der Waals surface area (Å²) in [5.74, 6) is -0.121. The minimum atomic E-state index is -0.342. The van der Waals surface area contributed by atoms with E-state index >= 15 is 0 Å². The molecule has 0 amide bonds. The molecule has 0 radical (unpaired) electrons. The van der Waals surface area contributed by atoms with E-state index in [1.165, 1.54) is 12.1 Å². The fourth-order valence-corrected chi connectivity index (χ4v) is 1.71. The van der Waals surface area contributed by atoms with Crippen LogP contribution in [0.25, 0.3) is 0 Å². The summed E-state index contributed by atoms with van der Waals surface area (Å²) in [6.45, 7) is 1.40. The van der Waals surface area contributed by atoms with Gasteiger partial charge in [-0.2, -0.15) is 0 Å². The third-order valence-corrected chi connectivity index (χ3v) is 2.48. The van der Waals surface area contributed by atoms with Crippen molar-refractivity contribution in [1.82, 2.24) is 5.32 Å². The lowest BCUT2D eigenvalue weighted by molar-refractivity contribution is 0.177. The van der Waals surface area contributed by atoms with Crippen LogP contribution in [-0.4, -0.2) is 24.3 Å². The van der Waals surface area contributed by atoms with E-state index in [0.717, 1.165) is 12.1 Å². The zero-order valence-corrected chi connectivity index (χ0v) is 7.20. The van der Waals surface area contributed by atoms with Gasteiger partial charge in [0.05, 0.1) is 6.10 Å². The first-order valence-electron chi connectivity index (χ1n) is 4.41. The zero-order valence-electron chi connectivity index (χ0n) is 7.20. The van der Waals surface area contributed by atoms with Crippen LogP contribution in [0.1, 0.15) is 11.5 Å². The highest BCUT2D eigenvalue weighted by Gasteiger charge is 2.25. The second kappa shape index (κ2) is 3.44. The second-order valence-corrected chi connectivity index (χ2v) is 3.38. The van der Waals surface area contributed by atoms with Crippen molar-refractivity contribution in [2.24, 2.45) is 0 Å². The summed E-state index contributed by atoms with van der Waals surface area (Å²) in [5, 5.41) is 12.6. The van der Waals surface area contributed by atoms with Gasteiger partial charge >= 0.3 is 0 Å². The normalized spacial score (nSPS) is 27.8. The van der Waals surface area contributed by atoms with Crippen LogP contribution < -0.4 is 5.32 Å². The van der Waals surface area contributed by atoms with Crippen LogP contribution in [0, 0.1) is 5.82 Å². The van der Waals surface area contributed by atoms with Gasteiger partial charge in [0.1, 0.15) is 5.82 Å². The molecule has 0 aliphatic carbocycles. The van der Waals surface area contributed by atoms with Gasteiger partial charge in [0, 0.05) is 19.0 Å². The molecule has 3 heteroatoms. The Morgan fingerprint density at radius 1 is 1.23 bits per heavy atom. The van der Waals surface area contributed by atoms with Crippen LogP contribution in [-0.2, 0) is 0 Å². The van der Waals surface area contributed by atoms with E-state index in [1.54, 1.807) is 12.1 Å². The smallest absolute Gasteiger partial charge is 0.123 e. The first kappa shape index (κ1) is 8.66. The molecule has 13 heavy (non-hydrogen) atoms. The van der Waals surface area contributed by atoms with Crippen molar-refractivity contribution in [3.05, 3.63) is 35.6 Å². The first-order chi connectivity index (χ1) is 6.27. The van der Waals surface area contributed by atoms with Gasteiger partial charge in [-0.1, -0.05) is 12.1 Å². The number of rotatable bonds is 1. The van der Waals surface area contributed by atoms with Gasteiger partial charge in [0.2, 0.25) is 0 Å². The molecule has 0 spiro atoms. The summed E-state index contributed by atoms with van der Waals surface area (Å²) in [6.07, 6.45) is -0.342. The maximum atomic E-state index is 12.6. The summed E-state index contributed by atoms with van der Waals surface area (Å²) < 4.78 is 12.6. The Hall–Kier alpha value is -0.930. The first-order valence-corrected chi connectivity index (χ1v) is 4.41. The zero-order chi connectivity index (χ0) is 9.26. The van der Waals surface area contributed by atoms with E-state index in [4.69, 9.17) is 0 Å². The van der Waals surface area contributed by atoms with Gasteiger partial charge in [-0.15, -0.1) is 0 Å². The molecule has 1 aromatic rings. The predicted molar refractivity (Wildman–Crippen MR) is 48.0 cm³/mol. The van der Waals surface area contributed by atoms with Crippen molar-refractivity contribution >= 4 is 0 Å². The lowest BCUT2D eigenvalue weighted by Crippen LogP contribution is -2.15. The Balaban J connectivity index is 2.20. The van der Waals surface area contributed by atoms with Crippen molar-refractivity contribution in [2.75, 3.05) is 13.1 Å². The molecular weight excluding hydrogens is 169 g/mol. The highest BCUT2D eigenvalue weighted by Crippen LogP contribution is 2.22. The van der Waals surface area contributed by atoms with Gasteiger partial charge in [0.15, 0.2) is 0 Å². The molecule has 2 nitrogen and oxygen atoms in total. The summed E-state index contributed by atoms with van der Waals surface area (Å²) in [5.41, 5.74) is 0.999. The Labute approximate surface area is 76.4 Å². The fourth-order valence-electron chi connectivity index (χ4n) is 1.71. The second-order valence-electron chi connectivity index (χ2n) is 3.38. The number of aliphatic hydroxyl groups excluding tert-OH is 1. The lowest BCUT2D eigenvalue weighted by atomic mass is 9.96. The summed E-state index contributed by atoms with van der Waals surface area (Å²) in [7, 11) is 0. The number of β-amino-alcohol motifs (C(OH)–C–C–N with tert-alkyl or cyclic N) is 1. The maximum absolute atomic E-state index is 12.6. The van der Waals surface area contributed by atoms with E-state index in [9.17, 15) is 9.50 Å². The highest BCUT2D eigenvalue weighted by molar-refractivity contribution is 5.23. The van der Waals surface area contributed by atoms with Crippen molar-refractivity contribution in [2.45, 2.75) is 12.0 Å². The predicted octanol–water partition coefficient (Wildman–Crippen LogP) is 0.873. The summed E-state index contributed by atoms with van der Waals surface area (Å²) in [4.78, 5) is 0. The molecule has 0 aromatic heterocycles. The van der Waals surface area contributed by atoms with Crippen LogP contribution in [0.3, 0.4) is 0 Å². The minimum absolute atomic E-state index is 0.112. The number of hydrogen-bond acceptors (Lipinski definition) is 2. The average Bonchev–Trinajstić information content (AvgIpc) is 2.53. The van der Waals surface area contributed by atoms with E-state index in [1.807, 2.05) is 0 Å². The molecule has 2 N–H and O–H groups in total. The largest absolute Gasteiger partial charge is 0.391 e. The molecule has 0 unspecified atom stereocenters. The van der Waals surface area contributed by atoms with E-state index in [0.29, 0.717) is 6.54 Å². The Morgan fingerprint density at radius 3 is 2.46 bits per heavy atom. The number of nitrogens with one attached hydrogen (secondary N) is 1. The number of aliphatic hydroxyl groups is 1. The third kappa shape index (κ3) is 1.71. The molecular formula is C10H12FNO. The molecule has 0 bridgehead atoms. The molecule has 1 aliphatic heterocycles. The standard InChI is InChI=1S/C10H12FNO/c11-8-3-1-7(2-4-8)9-5-12-6-10(9)13/h1-4,9-10,12-13H,5-6H2/t9-,10+/m1/s1. The molecule has 1 saturated heterocycles. The monoisotopic (exact) mass is 181 g/mol. The van der Waals surface area contributed by atoms with Crippen molar-refractivity contribution < 1.29 is 9.50 Å². The SMILES string of the molecule is O[C@H]1CNC[C@@H]1c1ccc(F)cc1. The van der Waals surface area contributed by atoms with E-state index < -0.39 is 0 Å². The van der Waals surface area contributed by atoms with Crippen molar-refractivity contribution in [3.8, 4) is 0 Å². The molecule has 1 aliphatic rings. The van der Waals surface area contributed by atoms with Gasteiger partial charge in [0.25, 0.3) is 0 Å². The Morgan fingerprint density at radius 2 is 1.92 bits per heavy atom. The molecule has 0 saturated carbocycles. The van der Waals surface area contributed by atoms with E-state index in [-0.39, 0.29) is 17.8 Å². The summed E-state index contributed by atoms with van der Waals surface area (Å²) in [6, 6.07) is 6.33. The molecule has 2 rings (SSSR count). The van der Waals surface area contributed by atoms with Crippen LogP contribution >= 0.6 is 0 Å². The molecule has 1 aromatic carbocycles. The summed E-state index contributed by atoms with van der Waals surface area (Å²) >= 11 is 0. The number of halogens is 1. The topological polar surface area (TPSA) is 32.3 Å². The van der Waals surface area contributed by atoms with Crippen LogP contribution in [0.4, 0.5) is 4.39 Å². The van der Waals surface area contributed by atoms with Crippen LogP contribution in [0.2, 0.25) is 0 Å².